The molecular weight excluding hydrogens is 392 g/mol. The minimum Gasteiger partial charge on any atom is -0.497 e. The lowest BCUT2D eigenvalue weighted by molar-refractivity contribution is 0.0697. The van der Waals surface area contributed by atoms with Crippen LogP contribution in [0.3, 0.4) is 0 Å². The second kappa shape index (κ2) is 9.10. The largest absolute Gasteiger partial charge is 0.497 e. The first-order valence-corrected chi connectivity index (χ1v) is 10.3. The van der Waals surface area contributed by atoms with Crippen LogP contribution in [0.4, 0.5) is 11.4 Å². The molecule has 1 heterocycles. The zero-order valence-electron chi connectivity index (χ0n) is 17.6. The van der Waals surface area contributed by atoms with Crippen molar-refractivity contribution in [3.63, 3.8) is 0 Å². The Labute approximate surface area is 182 Å². The number of hydrogen-bond acceptors (Lipinski definition) is 5. The monoisotopic (exact) mass is 418 g/mol. The third-order valence-corrected chi connectivity index (χ3v) is 5.49. The van der Waals surface area contributed by atoms with Crippen molar-refractivity contribution >= 4 is 17.3 Å². The molecule has 0 radical (unpaired) electrons. The molecule has 0 spiro atoms. The van der Waals surface area contributed by atoms with Crippen molar-refractivity contribution in [3.05, 3.63) is 83.9 Å². The summed E-state index contributed by atoms with van der Waals surface area (Å²) in [6, 6.07) is 23.0. The fraction of sp³-hybridized carbons (Fsp3) is 0.240. The Kier molecular flexibility index (Phi) is 6.09. The van der Waals surface area contributed by atoms with Crippen LogP contribution in [0.1, 0.15) is 28.9 Å². The van der Waals surface area contributed by atoms with Crippen LogP contribution in [0.2, 0.25) is 0 Å². The summed E-state index contributed by atoms with van der Waals surface area (Å²) < 4.78 is 11.6. The number of hydrogen-bond donors (Lipinski definition) is 2. The lowest BCUT2D eigenvalue weighted by Gasteiger charge is -2.37. The topological polar surface area (TPSA) is 71.0 Å². The second-order valence-electron chi connectivity index (χ2n) is 7.58. The molecule has 4 rings (SSSR count). The molecule has 1 aliphatic heterocycles. The van der Waals surface area contributed by atoms with Crippen molar-refractivity contribution in [2.45, 2.75) is 19.1 Å². The first-order chi connectivity index (χ1) is 15.0. The van der Waals surface area contributed by atoms with Crippen molar-refractivity contribution in [3.8, 4) is 11.5 Å². The molecule has 3 aromatic rings. The summed E-state index contributed by atoms with van der Waals surface area (Å²) in [5.74, 6) is 0.683. The van der Waals surface area contributed by atoms with E-state index in [0.717, 1.165) is 28.4 Å². The van der Waals surface area contributed by atoms with Gasteiger partial charge in [0.15, 0.2) is 0 Å². The number of anilines is 2. The molecule has 160 valence electrons. The SMILES string of the molecule is COc1cccc([C@@H](C)NCC2CN(c3cccc(C(=O)O)c3)c3ccccc3O2)c1. The first-order valence-electron chi connectivity index (χ1n) is 10.3. The van der Waals surface area contributed by atoms with Crippen molar-refractivity contribution in [1.29, 1.82) is 0 Å². The van der Waals surface area contributed by atoms with Crippen LogP contribution in [-0.4, -0.2) is 37.4 Å². The number of nitrogens with one attached hydrogen (secondary N) is 1. The average Bonchev–Trinajstić information content (AvgIpc) is 2.82. The van der Waals surface area contributed by atoms with Crippen LogP contribution >= 0.6 is 0 Å². The third kappa shape index (κ3) is 4.64. The molecule has 6 nitrogen and oxygen atoms in total. The number of nitrogens with zero attached hydrogens (tertiary/aromatic N) is 1. The minimum absolute atomic E-state index is 0.101. The molecule has 0 fully saturated rings. The summed E-state index contributed by atoms with van der Waals surface area (Å²) in [5.41, 5.74) is 3.17. The Morgan fingerprint density at radius 2 is 1.97 bits per heavy atom. The van der Waals surface area contributed by atoms with Gasteiger partial charge in [0.25, 0.3) is 0 Å². The number of rotatable bonds is 7. The molecule has 0 bridgehead atoms. The van der Waals surface area contributed by atoms with E-state index in [2.05, 4.69) is 23.2 Å². The molecule has 2 atom stereocenters. The molecule has 6 heteroatoms. The molecule has 0 saturated heterocycles. The lowest BCUT2D eigenvalue weighted by Crippen LogP contribution is -2.44. The van der Waals surface area contributed by atoms with Gasteiger partial charge >= 0.3 is 5.97 Å². The van der Waals surface area contributed by atoms with Crippen LogP contribution in [0.15, 0.2) is 72.8 Å². The number of carbonyl (C=O) groups is 1. The van der Waals surface area contributed by atoms with Gasteiger partial charge in [0.05, 0.1) is 24.9 Å². The van der Waals surface area contributed by atoms with Gasteiger partial charge in [0, 0.05) is 18.3 Å². The van der Waals surface area contributed by atoms with Gasteiger partial charge in [-0.3, -0.25) is 0 Å². The van der Waals surface area contributed by atoms with E-state index >= 15 is 0 Å². The van der Waals surface area contributed by atoms with Gasteiger partial charge in [-0.05, 0) is 55.0 Å². The number of carboxylic acid groups (broad SMARTS) is 1. The zero-order chi connectivity index (χ0) is 21.8. The van der Waals surface area contributed by atoms with Crippen LogP contribution in [-0.2, 0) is 0 Å². The standard InChI is InChI=1S/C25H26N2O4/c1-17(18-7-6-10-21(14-18)30-2)26-15-22-16-27(23-11-3-4-12-24(23)31-22)20-9-5-8-19(13-20)25(28)29/h3-14,17,22,26H,15-16H2,1-2H3,(H,28,29)/t17-,22?/m1/s1. The highest BCUT2D eigenvalue weighted by molar-refractivity contribution is 5.89. The predicted molar refractivity (Wildman–Crippen MR) is 121 cm³/mol. The van der Waals surface area contributed by atoms with E-state index in [0.29, 0.717) is 13.1 Å². The molecule has 0 saturated carbocycles. The van der Waals surface area contributed by atoms with E-state index in [9.17, 15) is 9.90 Å². The summed E-state index contributed by atoms with van der Waals surface area (Å²) in [5, 5.41) is 12.9. The van der Waals surface area contributed by atoms with E-state index in [1.807, 2.05) is 48.5 Å². The van der Waals surface area contributed by atoms with Crippen LogP contribution < -0.4 is 19.7 Å². The maximum absolute atomic E-state index is 11.4. The first kappa shape index (κ1) is 20.8. The second-order valence-corrected chi connectivity index (χ2v) is 7.58. The lowest BCUT2D eigenvalue weighted by atomic mass is 10.1. The maximum atomic E-state index is 11.4. The van der Waals surface area contributed by atoms with Crippen molar-refractivity contribution < 1.29 is 19.4 Å². The highest BCUT2D eigenvalue weighted by Crippen LogP contribution is 2.38. The minimum atomic E-state index is -0.936. The molecule has 1 unspecified atom stereocenters. The number of carboxylic acids is 1. The number of fused-ring (bicyclic) bond motifs is 1. The molecule has 2 N–H and O–H groups in total. The Balaban J connectivity index is 1.52. The number of para-hydroxylation sites is 2. The highest BCUT2D eigenvalue weighted by Gasteiger charge is 2.27. The number of benzene rings is 3. The molecular formula is C25H26N2O4. The quantitative estimate of drug-likeness (QED) is 0.582. The van der Waals surface area contributed by atoms with E-state index in [-0.39, 0.29) is 17.7 Å². The Bertz CT molecular complexity index is 1070. The Morgan fingerprint density at radius 1 is 1.16 bits per heavy atom. The van der Waals surface area contributed by atoms with Gasteiger partial charge in [-0.2, -0.15) is 0 Å². The fourth-order valence-electron chi connectivity index (χ4n) is 3.79. The summed E-state index contributed by atoms with van der Waals surface area (Å²) in [6.45, 7) is 3.36. The summed E-state index contributed by atoms with van der Waals surface area (Å²) in [4.78, 5) is 13.6. The third-order valence-electron chi connectivity index (χ3n) is 5.49. The number of methoxy groups -OCH3 is 1. The van der Waals surface area contributed by atoms with Crippen LogP contribution in [0.5, 0.6) is 11.5 Å². The van der Waals surface area contributed by atoms with Crippen molar-refractivity contribution in [1.82, 2.24) is 5.32 Å². The fourth-order valence-corrected chi connectivity index (χ4v) is 3.79. The molecule has 0 amide bonds. The van der Waals surface area contributed by atoms with Gasteiger partial charge in [-0.1, -0.05) is 30.3 Å². The zero-order valence-corrected chi connectivity index (χ0v) is 17.6. The van der Waals surface area contributed by atoms with E-state index < -0.39 is 5.97 Å². The molecule has 1 aliphatic rings. The van der Waals surface area contributed by atoms with E-state index in [4.69, 9.17) is 9.47 Å². The van der Waals surface area contributed by atoms with Gasteiger partial charge < -0.3 is 24.8 Å². The Hall–Kier alpha value is -3.51. The molecule has 0 aromatic heterocycles. The van der Waals surface area contributed by atoms with Crippen molar-refractivity contribution in [2.24, 2.45) is 0 Å². The van der Waals surface area contributed by atoms with E-state index in [1.54, 1.807) is 25.3 Å². The van der Waals surface area contributed by atoms with E-state index in [1.165, 1.54) is 0 Å². The van der Waals surface area contributed by atoms with Gasteiger partial charge in [0.1, 0.15) is 17.6 Å². The number of aromatic carboxylic acids is 1. The van der Waals surface area contributed by atoms with Crippen molar-refractivity contribution in [2.75, 3.05) is 25.1 Å². The predicted octanol–water partition coefficient (Wildman–Crippen LogP) is 4.64. The van der Waals surface area contributed by atoms with Gasteiger partial charge in [-0.25, -0.2) is 4.79 Å². The van der Waals surface area contributed by atoms with Gasteiger partial charge in [-0.15, -0.1) is 0 Å². The average molecular weight is 418 g/mol. The molecule has 0 aliphatic carbocycles. The molecule has 3 aromatic carbocycles. The number of ether oxygens (including phenoxy) is 2. The van der Waals surface area contributed by atoms with Crippen LogP contribution in [0, 0.1) is 0 Å². The van der Waals surface area contributed by atoms with Crippen LogP contribution in [0.25, 0.3) is 0 Å². The summed E-state index contributed by atoms with van der Waals surface area (Å²) in [6.07, 6.45) is -0.101. The normalized spacial score (nSPS) is 16.2. The molecule has 31 heavy (non-hydrogen) atoms. The smallest absolute Gasteiger partial charge is 0.335 e. The maximum Gasteiger partial charge on any atom is 0.335 e. The summed E-state index contributed by atoms with van der Waals surface area (Å²) in [7, 11) is 1.67. The van der Waals surface area contributed by atoms with Gasteiger partial charge in [0.2, 0.25) is 0 Å². The Morgan fingerprint density at radius 3 is 2.77 bits per heavy atom. The summed E-state index contributed by atoms with van der Waals surface area (Å²) >= 11 is 0. The highest BCUT2D eigenvalue weighted by atomic mass is 16.5.